The molecule has 0 amide bonds. The Morgan fingerprint density at radius 3 is 1.42 bits per heavy atom. The van der Waals surface area contributed by atoms with Gasteiger partial charge in [0.1, 0.15) is 0 Å². The van der Waals surface area contributed by atoms with E-state index in [-0.39, 0.29) is 10.8 Å². The van der Waals surface area contributed by atoms with Crippen molar-refractivity contribution in [1.82, 2.24) is 0 Å². The number of fused-ring (bicyclic) bond motifs is 7. The van der Waals surface area contributed by atoms with E-state index < -0.39 is 0 Å². The molecule has 7 aromatic rings. The van der Waals surface area contributed by atoms with Crippen LogP contribution >= 0.6 is 0 Å². The molecule has 7 aromatic carbocycles. The monoisotopic (exact) mass is 684 g/mol. The predicted molar refractivity (Wildman–Crippen MR) is 222 cm³/mol. The molecule has 0 N–H and O–H groups in total. The SMILES string of the molecule is Cc1cccc2c1-c1cc(N(c3ccccc3)c3ccc4c(c3)[C@]3(CCc5ccc(N(c6ccccc6)c6ccccc6)cc53)CC4)ccc1C2(C)C. The molecule has 1 spiro atoms. The molecule has 0 aliphatic heterocycles. The predicted octanol–water partition coefficient (Wildman–Crippen LogP) is 13.4. The smallest absolute Gasteiger partial charge is 0.0468 e. The molecule has 0 bridgehead atoms. The normalized spacial score (nSPS) is 17.3. The van der Waals surface area contributed by atoms with E-state index in [1.807, 2.05) is 0 Å². The number of nitrogens with zero attached hydrogens (tertiary/aromatic N) is 2. The largest absolute Gasteiger partial charge is 0.310 e. The van der Waals surface area contributed by atoms with Crippen molar-refractivity contribution in [3.8, 4) is 11.1 Å². The van der Waals surface area contributed by atoms with Crippen molar-refractivity contribution in [2.45, 2.75) is 57.3 Å². The van der Waals surface area contributed by atoms with Crippen LogP contribution in [0.2, 0.25) is 0 Å². The van der Waals surface area contributed by atoms with Crippen LogP contribution in [-0.2, 0) is 23.7 Å². The van der Waals surface area contributed by atoms with Gasteiger partial charge in [-0.25, -0.2) is 0 Å². The quantitative estimate of drug-likeness (QED) is 0.172. The van der Waals surface area contributed by atoms with Gasteiger partial charge in [-0.2, -0.15) is 0 Å². The van der Waals surface area contributed by atoms with Gasteiger partial charge in [-0.15, -0.1) is 0 Å². The van der Waals surface area contributed by atoms with Gasteiger partial charge in [0, 0.05) is 45.0 Å². The fourth-order valence-electron chi connectivity index (χ4n) is 9.98. The Morgan fingerprint density at radius 1 is 0.415 bits per heavy atom. The van der Waals surface area contributed by atoms with Crippen molar-refractivity contribution in [3.05, 3.63) is 203 Å². The van der Waals surface area contributed by atoms with E-state index >= 15 is 0 Å². The lowest BCUT2D eigenvalue weighted by Gasteiger charge is -2.32. The first-order valence-electron chi connectivity index (χ1n) is 19.2. The Bertz CT molecular complexity index is 2460. The zero-order valence-corrected chi connectivity index (χ0v) is 30.8. The summed E-state index contributed by atoms with van der Waals surface area (Å²) in [4.78, 5) is 4.89. The van der Waals surface area contributed by atoms with Crippen molar-refractivity contribution < 1.29 is 0 Å². The van der Waals surface area contributed by atoms with Crippen molar-refractivity contribution in [1.29, 1.82) is 0 Å². The highest BCUT2D eigenvalue weighted by Crippen LogP contribution is 2.56. The lowest BCUT2D eigenvalue weighted by molar-refractivity contribution is 0.507. The summed E-state index contributed by atoms with van der Waals surface area (Å²) in [7, 11) is 0. The highest BCUT2D eigenvalue weighted by molar-refractivity contribution is 5.88. The molecule has 0 aromatic heterocycles. The van der Waals surface area contributed by atoms with E-state index in [0.29, 0.717) is 0 Å². The summed E-state index contributed by atoms with van der Waals surface area (Å²) in [6.45, 7) is 7.00. The van der Waals surface area contributed by atoms with Gasteiger partial charge in [-0.05, 0) is 155 Å². The molecule has 0 saturated carbocycles. The van der Waals surface area contributed by atoms with E-state index in [9.17, 15) is 0 Å². The highest BCUT2D eigenvalue weighted by atomic mass is 15.1. The number of benzene rings is 7. The third kappa shape index (κ3) is 4.92. The van der Waals surface area contributed by atoms with Crippen molar-refractivity contribution >= 4 is 34.1 Å². The minimum Gasteiger partial charge on any atom is -0.310 e. The van der Waals surface area contributed by atoms with Crippen LogP contribution in [0.1, 0.15) is 65.6 Å². The molecule has 0 unspecified atom stereocenters. The number of anilines is 6. The average Bonchev–Trinajstić information content (AvgIpc) is 3.83. The molecule has 3 aliphatic carbocycles. The van der Waals surface area contributed by atoms with Crippen LogP contribution in [0.3, 0.4) is 0 Å². The minimum atomic E-state index is -0.0297. The Labute approximate surface area is 314 Å². The maximum Gasteiger partial charge on any atom is 0.0468 e. The first-order chi connectivity index (χ1) is 25.9. The van der Waals surface area contributed by atoms with Gasteiger partial charge < -0.3 is 9.80 Å². The summed E-state index contributed by atoms with van der Waals surface area (Å²) in [6, 6.07) is 61.1. The van der Waals surface area contributed by atoms with Gasteiger partial charge in [0.2, 0.25) is 0 Å². The maximum atomic E-state index is 2.54. The van der Waals surface area contributed by atoms with Crippen LogP contribution < -0.4 is 9.80 Å². The van der Waals surface area contributed by atoms with Crippen molar-refractivity contribution in [3.63, 3.8) is 0 Å². The lowest BCUT2D eigenvalue weighted by Crippen LogP contribution is -2.22. The molecule has 0 heterocycles. The summed E-state index contributed by atoms with van der Waals surface area (Å²) in [6.07, 6.45) is 4.51. The summed E-state index contributed by atoms with van der Waals surface area (Å²) in [5, 5.41) is 0. The van der Waals surface area contributed by atoms with Crippen molar-refractivity contribution in [2.75, 3.05) is 9.80 Å². The molecule has 1 atom stereocenters. The van der Waals surface area contributed by atoms with Gasteiger partial charge >= 0.3 is 0 Å². The molecule has 3 aliphatic rings. The third-order valence-electron chi connectivity index (χ3n) is 12.6. The number of para-hydroxylation sites is 3. The zero-order valence-electron chi connectivity index (χ0n) is 30.8. The van der Waals surface area contributed by atoms with Crippen LogP contribution in [0.25, 0.3) is 11.1 Å². The van der Waals surface area contributed by atoms with Gasteiger partial charge in [0.05, 0.1) is 0 Å². The van der Waals surface area contributed by atoms with Crippen LogP contribution in [0.15, 0.2) is 164 Å². The molecule has 2 heteroatoms. The Morgan fingerprint density at radius 2 is 0.887 bits per heavy atom. The first kappa shape index (κ1) is 31.8. The highest BCUT2D eigenvalue weighted by Gasteiger charge is 2.45. The fraction of sp³-hybridized carbons (Fsp3) is 0.176. The molecule has 0 saturated heterocycles. The Hall–Kier alpha value is -5.86. The molecule has 10 rings (SSSR count). The van der Waals surface area contributed by atoms with Gasteiger partial charge in [-0.1, -0.05) is 105 Å². The summed E-state index contributed by atoms with van der Waals surface area (Å²) in [5.74, 6) is 0. The number of aryl methyl sites for hydroxylation is 3. The van der Waals surface area contributed by atoms with E-state index in [4.69, 9.17) is 0 Å². The maximum absolute atomic E-state index is 2.54. The van der Waals surface area contributed by atoms with Gasteiger partial charge in [0.25, 0.3) is 0 Å². The Kier molecular flexibility index (Phi) is 7.27. The van der Waals surface area contributed by atoms with Gasteiger partial charge in [0.15, 0.2) is 0 Å². The minimum absolute atomic E-state index is 0.00387. The van der Waals surface area contributed by atoms with E-state index in [1.54, 1.807) is 0 Å². The second-order valence-electron chi connectivity index (χ2n) is 15.8. The molecule has 2 nitrogen and oxygen atoms in total. The van der Waals surface area contributed by atoms with Crippen LogP contribution in [0.4, 0.5) is 34.1 Å². The van der Waals surface area contributed by atoms with Crippen LogP contribution in [0.5, 0.6) is 0 Å². The molecule has 0 fully saturated rings. The Balaban J connectivity index is 1.11. The van der Waals surface area contributed by atoms with E-state index in [2.05, 4.69) is 194 Å². The lowest BCUT2D eigenvalue weighted by atomic mass is 9.76. The topological polar surface area (TPSA) is 6.48 Å². The van der Waals surface area contributed by atoms with E-state index in [0.717, 1.165) is 25.7 Å². The summed E-state index contributed by atoms with van der Waals surface area (Å²) < 4.78 is 0. The standard InChI is InChI=1S/C51H44N2/c1-35-14-13-21-46-49(35)44-32-41(26-27-45(44)50(46,2)3)53(40-19-11-6-12-20-40)43-25-23-37-29-31-51(48(37)34-43)30-28-36-22-24-42(33-47(36)51)52(38-15-7-4-8-16-38)39-17-9-5-10-18-39/h4-27,32-34H,28-31H2,1-3H3/t51-/m1/s1. The van der Waals surface area contributed by atoms with E-state index in [1.165, 1.54) is 84.2 Å². The van der Waals surface area contributed by atoms with Crippen molar-refractivity contribution in [2.24, 2.45) is 0 Å². The molecule has 0 radical (unpaired) electrons. The van der Waals surface area contributed by atoms with Crippen LogP contribution in [-0.4, -0.2) is 0 Å². The second-order valence-corrected chi connectivity index (χ2v) is 15.8. The number of hydrogen-bond acceptors (Lipinski definition) is 2. The third-order valence-corrected chi connectivity index (χ3v) is 12.6. The van der Waals surface area contributed by atoms with Crippen LogP contribution in [0, 0.1) is 6.92 Å². The molecular weight excluding hydrogens is 641 g/mol. The summed E-state index contributed by atoms with van der Waals surface area (Å²) in [5.41, 5.74) is 20.0. The zero-order chi connectivity index (χ0) is 35.7. The second kappa shape index (κ2) is 12.1. The summed E-state index contributed by atoms with van der Waals surface area (Å²) >= 11 is 0. The average molecular weight is 685 g/mol. The number of rotatable bonds is 6. The fourth-order valence-corrected chi connectivity index (χ4v) is 9.98. The first-order valence-corrected chi connectivity index (χ1v) is 19.2. The number of hydrogen-bond donors (Lipinski definition) is 0. The molecular formula is C51H44N2. The van der Waals surface area contributed by atoms with Gasteiger partial charge in [-0.3, -0.25) is 0 Å². The molecule has 258 valence electrons. The molecule has 53 heavy (non-hydrogen) atoms.